The van der Waals surface area contributed by atoms with Crippen LogP contribution in [-0.2, 0) is 13.0 Å². The summed E-state index contributed by atoms with van der Waals surface area (Å²) in [6.45, 7) is 6.21. The van der Waals surface area contributed by atoms with E-state index in [-0.39, 0.29) is 0 Å². The van der Waals surface area contributed by atoms with Crippen molar-refractivity contribution in [3.05, 3.63) is 42.1 Å². The molecule has 0 unspecified atom stereocenters. The first-order chi connectivity index (χ1) is 11.7. The van der Waals surface area contributed by atoms with Gasteiger partial charge in [-0.3, -0.25) is 4.98 Å². The van der Waals surface area contributed by atoms with Crippen molar-refractivity contribution >= 4 is 16.9 Å². The van der Waals surface area contributed by atoms with Gasteiger partial charge in [0.05, 0.1) is 17.2 Å². The number of fused-ring (bicyclic) bond motifs is 2. The van der Waals surface area contributed by atoms with Gasteiger partial charge in [-0.1, -0.05) is 26.0 Å². The quantitative estimate of drug-likeness (QED) is 0.799. The number of nitrogens with one attached hydrogen (secondary N) is 1. The molecule has 6 nitrogen and oxygen atoms in total. The highest BCUT2D eigenvalue weighted by Crippen LogP contribution is 2.23. The summed E-state index contributed by atoms with van der Waals surface area (Å²) in [6, 6.07) is 7.94. The van der Waals surface area contributed by atoms with Crippen molar-refractivity contribution in [3.8, 4) is 0 Å². The van der Waals surface area contributed by atoms with E-state index >= 15 is 0 Å². The highest BCUT2D eigenvalue weighted by Gasteiger charge is 2.23. The van der Waals surface area contributed by atoms with Crippen LogP contribution in [-0.4, -0.2) is 31.3 Å². The fourth-order valence-corrected chi connectivity index (χ4v) is 3.30. The zero-order chi connectivity index (χ0) is 16.5. The lowest BCUT2D eigenvalue weighted by atomic mass is 9.98. The molecule has 2 aromatic heterocycles. The maximum absolute atomic E-state index is 4.63. The largest absolute Gasteiger partial charge is 0.368 e. The molecule has 0 amide bonds. The second-order valence-electron chi connectivity index (χ2n) is 6.77. The molecule has 0 bridgehead atoms. The fourth-order valence-electron chi connectivity index (χ4n) is 3.30. The third kappa shape index (κ3) is 2.84. The molecule has 4 rings (SSSR count). The van der Waals surface area contributed by atoms with Gasteiger partial charge in [-0.25, -0.2) is 4.98 Å². The molecule has 3 aromatic rings. The van der Waals surface area contributed by atoms with Gasteiger partial charge in [-0.2, -0.15) is 0 Å². The Hall–Kier alpha value is -2.50. The Kier molecular flexibility index (Phi) is 3.88. The zero-order valence-electron chi connectivity index (χ0n) is 14.1. The summed E-state index contributed by atoms with van der Waals surface area (Å²) >= 11 is 0. The molecule has 1 atom stereocenters. The van der Waals surface area contributed by atoms with Crippen LogP contribution in [0.15, 0.2) is 30.5 Å². The molecule has 124 valence electrons. The van der Waals surface area contributed by atoms with Crippen LogP contribution in [0.25, 0.3) is 11.0 Å². The van der Waals surface area contributed by atoms with E-state index in [9.17, 15) is 0 Å². The van der Waals surface area contributed by atoms with Crippen LogP contribution in [0.5, 0.6) is 0 Å². The Morgan fingerprint density at radius 2 is 2.04 bits per heavy atom. The Morgan fingerprint density at radius 1 is 1.21 bits per heavy atom. The predicted octanol–water partition coefficient (Wildman–Crippen LogP) is 3.02. The lowest BCUT2D eigenvalue weighted by Gasteiger charge is -2.25. The van der Waals surface area contributed by atoms with Gasteiger partial charge in [-0.15, -0.1) is 10.2 Å². The van der Waals surface area contributed by atoms with Crippen molar-refractivity contribution in [2.24, 2.45) is 5.92 Å². The number of para-hydroxylation sites is 2. The summed E-state index contributed by atoms with van der Waals surface area (Å²) in [6.07, 6.45) is 3.94. The molecular weight excluding hydrogens is 300 g/mol. The van der Waals surface area contributed by atoms with Gasteiger partial charge in [-0.05, 0) is 24.5 Å². The first-order valence-electron chi connectivity index (χ1n) is 8.58. The molecule has 1 aliphatic heterocycles. The average molecular weight is 322 g/mol. The summed E-state index contributed by atoms with van der Waals surface area (Å²) in [5.74, 6) is 4.02. The van der Waals surface area contributed by atoms with Crippen LogP contribution in [0.4, 0.5) is 5.82 Å². The minimum Gasteiger partial charge on any atom is -0.368 e. The molecule has 0 saturated heterocycles. The van der Waals surface area contributed by atoms with E-state index in [0.29, 0.717) is 11.8 Å². The highest BCUT2D eigenvalue weighted by atomic mass is 15.3. The number of hydrogen-bond acceptors (Lipinski definition) is 5. The van der Waals surface area contributed by atoms with E-state index in [2.05, 4.69) is 43.9 Å². The van der Waals surface area contributed by atoms with Gasteiger partial charge < -0.3 is 9.88 Å². The molecule has 24 heavy (non-hydrogen) atoms. The van der Waals surface area contributed by atoms with E-state index in [1.54, 1.807) is 0 Å². The van der Waals surface area contributed by atoms with Crippen LogP contribution < -0.4 is 5.32 Å². The van der Waals surface area contributed by atoms with Crippen molar-refractivity contribution in [1.29, 1.82) is 0 Å². The standard InChI is InChI=1S/C18H22N6/c1-12(2)18-23-22-17-8-7-13(11-24(17)18)9-20-16-10-19-14-5-3-4-6-15(14)21-16/h3-6,10,12-13H,7-9,11H2,1-2H3,(H,20,21)/t13-/m0/s1. The van der Waals surface area contributed by atoms with E-state index in [4.69, 9.17) is 0 Å². The molecule has 3 heterocycles. The Bertz CT molecular complexity index is 854. The minimum atomic E-state index is 0.407. The molecule has 1 N–H and O–H groups in total. The topological polar surface area (TPSA) is 68.5 Å². The lowest BCUT2D eigenvalue weighted by molar-refractivity contribution is 0.371. The van der Waals surface area contributed by atoms with E-state index in [1.807, 2.05) is 30.5 Å². The number of benzene rings is 1. The van der Waals surface area contributed by atoms with Crippen molar-refractivity contribution in [2.75, 3.05) is 11.9 Å². The first kappa shape index (κ1) is 15.1. The summed E-state index contributed by atoms with van der Waals surface area (Å²) in [5, 5.41) is 12.1. The number of rotatable bonds is 4. The molecule has 0 fully saturated rings. The maximum atomic E-state index is 4.63. The average Bonchev–Trinajstić information content (AvgIpc) is 3.03. The van der Waals surface area contributed by atoms with Gasteiger partial charge in [0.25, 0.3) is 0 Å². The second kappa shape index (κ2) is 6.19. The normalized spacial score (nSPS) is 17.2. The summed E-state index contributed by atoms with van der Waals surface area (Å²) < 4.78 is 2.30. The SMILES string of the molecule is CC(C)c1nnc2n1C[C@H](CNc1cnc3ccccc3n1)CC2. The monoisotopic (exact) mass is 322 g/mol. The Balaban J connectivity index is 1.45. The van der Waals surface area contributed by atoms with Crippen LogP contribution in [0.2, 0.25) is 0 Å². The van der Waals surface area contributed by atoms with E-state index in [0.717, 1.165) is 54.4 Å². The maximum Gasteiger partial charge on any atom is 0.145 e. The number of aryl methyl sites for hydroxylation is 1. The lowest BCUT2D eigenvalue weighted by Crippen LogP contribution is -2.27. The molecule has 1 aliphatic rings. The van der Waals surface area contributed by atoms with Gasteiger partial charge in [0, 0.05) is 25.4 Å². The van der Waals surface area contributed by atoms with Crippen LogP contribution in [0.1, 0.15) is 37.8 Å². The minimum absolute atomic E-state index is 0.407. The third-order valence-electron chi connectivity index (χ3n) is 4.61. The molecule has 6 heteroatoms. The Labute approximate surface area is 141 Å². The number of aromatic nitrogens is 5. The van der Waals surface area contributed by atoms with E-state index < -0.39 is 0 Å². The smallest absolute Gasteiger partial charge is 0.145 e. The molecule has 0 saturated carbocycles. The predicted molar refractivity (Wildman–Crippen MR) is 93.9 cm³/mol. The van der Waals surface area contributed by atoms with E-state index in [1.165, 1.54) is 0 Å². The van der Waals surface area contributed by atoms with Gasteiger partial charge in [0.1, 0.15) is 17.5 Å². The van der Waals surface area contributed by atoms with Crippen molar-refractivity contribution in [1.82, 2.24) is 24.7 Å². The van der Waals surface area contributed by atoms with Crippen molar-refractivity contribution in [3.63, 3.8) is 0 Å². The molecular formula is C18H22N6. The summed E-state index contributed by atoms with van der Waals surface area (Å²) in [4.78, 5) is 9.09. The van der Waals surface area contributed by atoms with Gasteiger partial charge >= 0.3 is 0 Å². The van der Waals surface area contributed by atoms with Crippen LogP contribution >= 0.6 is 0 Å². The number of nitrogens with zero attached hydrogens (tertiary/aromatic N) is 5. The fraction of sp³-hybridized carbons (Fsp3) is 0.444. The van der Waals surface area contributed by atoms with Gasteiger partial charge in [0.2, 0.25) is 0 Å². The molecule has 0 radical (unpaired) electrons. The molecule has 0 spiro atoms. The molecule has 0 aliphatic carbocycles. The highest BCUT2D eigenvalue weighted by molar-refractivity contribution is 5.75. The first-order valence-corrected chi connectivity index (χ1v) is 8.58. The van der Waals surface area contributed by atoms with Gasteiger partial charge in [0.15, 0.2) is 0 Å². The summed E-state index contributed by atoms with van der Waals surface area (Å²) in [5.41, 5.74) is 1.85. The summed E-state index contributed by atoms with van der Waals surface area (Å²) in [7, 11) is 0. The van der Waals surface area contributed by atoms with Crippen LogP contribution in [0.3, 0.4) is 0 Å². The zero-order valence-corrected chi connectivity index (χ0v) is 14.1. The van der Waals surface area contributed by atoms with Crippen molar-refractivity contribution in [2.45, 2.75) is 39.2 Å². The number of hydrogen-bond donors (Lipinski definition) is 1. The van der Waals surface area contributed by atoms with Crippen molar-refractivity contribution < 1.29 is 0 Å². The molecule has 1 aromatic carbocycles. The third-order valence-corrected chi connectivity index (χ3v) is 4.61. The Morgan fingerprint density at radius 3 is 2.88 bits per heavy atom. The number of anilines is 1. The second-order valence-corrected chi connectivity index (χ2v) is 6.77. The van der Waals surface area contributed by atoms with Crippen LogP contribution in [0, 0.1) is 5.92 Å².